The monoisotopic (exact) mass is 274 g/mol. The van der Waals surface area contributed by atoms with Crippen LogP contribution in [0, 0.1) is 20.8 Å². The molecule has 0 fully saturated rings. The summed E-state index contributed by atoms with van der Waals surface area (Å²) in [6.45, 7) is 6.10. The van der Waals surface area contributed by atoms with Gasteiger partial charge in [0.15, 0.2) is 0 Å². The summed E-state index contributed by atoms with van der Waals surface area (Å²) in [6, 6.07) is 7.17. The van der Waals surface area contributed by atoms with Crippen molar-refractivity contribution in [1.82, 2.24) is 4.98 Å². The van der Waals surface area contributed by atoms with Crippen LogP contribution in [0.5, 0.6) is 0 Å². The van der Waals surface area contributed by atoms with Crippen LogP contribution in [-0.4, -0.2) is 10.9 Å². The van der Waals surface area contributed by atoms with Gasteiger partial charge in [0.1, 0.15) is 5.15 Å². The maximum Gasteiger partial charge on any atom is 0.257 e. The molecule has 1 aromatic carbocycles. The summed E-state index contributed by atoms with van der Waals surface area (Å²) in [5.74, 6) is -0.185. The predicted octanol–water partition coefficient (Wildman–Crippen LogP) is 3.91. The number of aryl methyl sites for hydroxylation is 1. The molecule has 0 radical (unpaired) electrons. The van der Waals surface area contributed by atoms with Gasteiger partial charge in [-0.05, 0) is 55.7 Å². The molecule has 0 unspecified atom stereocenters. The number of nitrogens with zero attached hydrogens (tertiary/aromatic N) is 1. The van der Waals surface area contributed by atoms with Crippen LogP contribution in [0.25, 0.3) is 0 Å². The Morgan fingerprint density at radius 2 is 1.84 bits per heavy atom. The van der Waals surface area contributed by atoms with Gasteiger partial charge in [-0.25, -0.2) is 4.98 Å². The number of nitrogens with one attached hydrogen (secondary N) is 1. The third-order valence-corrected chi connectivity index (χ3v) is 3.52. The molecule has 1 aromatic heterocycles. The van der Waals surface area contributed by atoms with Gasteiger partial charge in [0.25, 0.3) is 5.91 Å². The van der Waals surface area contributed by atoms with Crippen LogP contribution in [0.15, 0.2) is 30.5 Å². The average molecular weight is 275 g/mol. The van der Waals surface area contributed by atoms with Crippen molar-refractivity contribution in [2.75, 3.05) is 5.32 Å². The Bertz CT molecular complexity index is 621. The van der Waals surface area contributed by atoms with Gasteiger partial charge >= 0.3 is 0 Å². The van der Waals surface area contributed by atoms with Crippen LogP contribution in [0.3, 0.4) is 0 Å². The second-order valence-corrected chi connectivity index (χ2v) is 4.89. The summed E-state index contributed by atoms with van der Waals surface area (Å²) in [7, 11) is 0. The fourth-order valence-electron chi connectivity index (χ4n) is 1.80. The number of pyridine rings is 1. The van der Waals surface area contributed by atoms with Gasteiger partial charge in [0, 0.05) is 11.9 Å². The Kier molecular flexibility index (Phi) is 3.86. The van der Waals surface area contributed by atoms with Crippen LogP contribution in [0.1, 0.15) is 27.0 Å². The number of amides is 1. The van der Waals surface area contributed by atoms with E-state index in [1.807, 2.05) is 26.0 Å². The number of halogens is 1. The Morgan fingerprint density at radius 3 is 2.47 bits per heavy atom. The predicted molar refractivity (Wildman–Crippen MR) is 77.9 cm³/mol. The molecule has 0 aliphatic carbocycles. The summed E-state index contributed by atoms with van der Waals surface area (Å²) in [4.78, 5) is 16.0. The molecular formula is C15H15ClN2O. The van der Waals surface area contributed by atoms with Crippen molar-refractivity contribution in [3.8, 4) is 0 Å². The quantitative estimate of drug-likeness (QED) is 0.844. The Balaban J connectivity index is 2.24. The molecular weight excluding hydrogens is 260 g/mol. The first-order valence-electron chi connectivity index (χ1n) is 5.98. The molecule has 2 rings (SSSR count). The molecule has 19 heavy (non-hydrogen) atoms. The first-order valence-corrected chi connectivity index (χ1v) is 6.36. The van der Waals surface area contributed by atoms with E-state index in [2.05, 4.69) is 17.2 Å². The van der Waals surface area contributed by atoms with Gasteiger partial charge in [0.05, 0.1) is 5.56 Å². The van der Waals surface area contributed by atoms with Crippen molar-refractivity contribution >= 4 is 23.2 Å². The molecule has 0 aliphatic heterocycles. The zero-order chi connectivity index (χ0) is 14.0. The third-order valence-electron chi connectivity index (χ3n) is 3.30. The second-order valence-electron chi connectivity index (χ2n) is 4.50. The Labute approximate surface area is 117 Å². The summed E-state index contributed by atoms with van der Waals surface area (Å²) < 4.78 is 0. The van der Waals surface area contributed by atoms with Crippen LogP contribution < -0.4 is 5.32 Å². The lowest BCUT2D eigenvalue weighted by molar-refractivity contribution is 0.102. The number of hydrogen-bond donors (Lipinski definition) is 1. The summed E-state index contributed by atoms with van der Waals surface area (Å²) in [6.07, 6.45) is 1.47. The van der Waals surface area contributed by atoms with Crippen molar-refractivity contribution in [2.45, 2.75) is 20.8 Å². The highest BCUT2D eigenvalue weighted by molar-refractivity contribution is 6.29. The largest absolute Gasteiger partial charge is 0.322 e. The maximum absolute atomic E-state index is 12.1. The molecule has 0 spiro atoms. The van der Waals surface area contributed by atoms with Crippen LogP contribution >= 0.6 is 11.6 Å². The fraction of sp³-hybridized carbons (Fsp3) is 0.200. The van der Waals surface area contributed by atoms with Crippen molar-refractivity contribution < 1.29 is 4.79 Å². The third kappa shape index (κ3) is 2.93. The molecule has 4 heteroatoms. The topological polar surface area (TPSA) is 42.0 Å². The van der Waals surface area contributed by atoms with Gasteiger partial charge in [-0.15, -0.1) is 0 Å². The van der Waals surface area contributed by atoms with E-state index in [1.54, 1.807) is 12.1 Å². The number of aromatic nitrogens is 1. The van der Waals surface area contributed by atoms with Gasteiger partial charge in [-0.1, -0.05) is 17.7 Å². The highest BCUT2D eigenvalue weighted by Crippen LogP contribution is 2.22. The molecule has 3 nitrogen and oxygen atoms in total. The highest BCUT2D eigenvalue weighted by Gasteiger charge is 2.09. The zero-order valence-electron chi connectivity index (χ0n) is 11.1. The van der Waals surface area contributed by atoms with E-state index in [4.69, 9.17) is 11.6 Å². The van der Waals surface area contributed by atoms with E-state index in [-0.39, 0.29) is 5.91 Å². The van der Waals surface area contributed by atoms with Crippen LogP contribution in [-0.2, 0) is 0 Å². The van der Waals surface area contributed by atoms with Crippen molar-refractivity contribution in [1.29, 1.82) is 0 Å². The van der Waals surface area contributed by atoms with Crippen molar-refractivity contribution in [2.24, 2.45) is 0 Å². The number of benzene rings is 1. The lowest BCUT2D eigenvalue weighted by Crippen LogP contribution is -2.13. The second kappa shape index (κ2) is 5.41. The van der Waals surface area contributed by atoms with E-state index >= 15 is 0 Å². The molecule has 0 aliphatic rings. The molecule has 98 valence electrons. The molecule has 2 aromatic rings. The maximum atomic E-state index is 12.1. The van der Waals surface area contributed by atoms with Crippen molar-refractivity contribution in [3.63, 3.8) is 0 Å². The Morgan fingerprint density at radius 1 is 1.11 bits per heavy atom. The Hall–Kier alpha value is -1.87. The number of carbonyl (C=O) groups excluding carboxylic acids is 1. The first-order chi connectivity index (χ1) is 8.99. The standard InChI is InChI=1S/C15H15ClN2O/c1-9-4-6-13(11(3)10(9)2)18-15(19)12-5-7-14(16)17-8-12/h4-8H,1-3H3,(H,18,19). The van der Waals surface area contributed by atoms with E-state index in [1.165, 1.54) is 17.3 Å². The molecule has 0 atom stereocenters. The van der Waals surface area contributed by atoms with Crippen LogP contribution in [0.4, 0.5) is 5.69 Å². The molecule has 1 heterocycles. The van der Waals surface area contributed by atoms with Gasteiger partial charge in [-0.3, -0.25) is 4.79 Å². The summed E-state index contributed by atoms with van der Waals surface area (Å²) in [5, 5.41) is 3.27. The van der Waals surface area contributed by atoms with E-state index in [9.17, 15) is 4.79 Å². The fourth-order valence-corrected chi connectivity index (χ4v) is 1.91. The summed E-state index contributed by atoms with van der Waals surface area (Å²) in [5.41, 5.74) is 4.79. The van der Waals surface area contributed by atoms with Crippen LogP contribution in [0.2, 0.25) is 5.15 Å². The number of rotatable bonds is 2. The normalized spacial score (nSPS) is 10.3. The van der Waals surface area contributed by atoms with Gasteiger partial charge in [0.2, 0.25) is 0 Å². The minimum absolute atomic E-state index is 0.185. The van der Waals surface area contributed by atoms with E-state index in [0.29, 0.717) is 10.7 Å². The first kappa shape index (κ1) is 13.6. The highest BCUT2D eigenvalue weighted by atomic mass is 35.5. The smallest absolute Gasteiger partial charge is 0.257 e. The lowest BCUT2D eigenvalue weighted by Gasteiger charge is -2.12. The minimum Gasteiger partial charge on any atom is -0.322 e. The SMILES string of the molecule is Cc1ccc(NC(=O)c2ccc(Cl)nc2)c(C)c1C. The lowest BCUT2D eigenvalue weighted by atomic mass is 10.0. The molecule has 0 saturated heterocycles. The molecule has 0 bridgehead atoms. The number of hydrogen-bond acceptors (Lipinski definition) is 2. The van der Waals surface area contributed by atoms with Gasteiger partial charge < -0.3 is 5.32 Å². The molecule has 1 amide bonds. The minimum atomic E-state index is -0.185. The van der Waals surface area contributed by atoms with E-state index in [0.717, 1.165) is 11.3 Å². The summed E-state index contributed by atoms with van der Waals surface area (Å²) >= 11 is 5.70. The number of carbonyl (C=O) groups is 1. The van der Waals surface area contributed by atoms with E-state index < -0.39 is 0 Å². The number of anilines is 1. The zero-order valence-corrected chi connectivity index (χ0v) is 11.9. The van der Waals surface area contributed by atoms with Gasteiger partial charge in [-0.2, -0.15) is 0 Å². The molecule has 1 N–H and O–H groups in total. The average Bonchev–Trinajstić information content (AvgIpc) is 2.40. The molecule has 0 saturated carbocycles. The van der Waals surface area contributed by atoms with Crippen molar-refractivity contribution in [3.05, 3.63) is 57.9 Å².